The molecule has 0 radical (unpaired) electrons. The van der Waals surface area contributed by atoms with Gasteiger partial charge in [0.1, 0.15) is 5.78 Å². The predicted octanol–water partition coefficient (Wildman–Crippen LogP) is 2.05. The van der Waals surface area contributed by atoms with Crippen molar-refractivity contribution in [2.45, 2.75) is 52.4 Å². The normalized spacial score (nSPS) is 9.86. The predicted molar refractivity (Wildman–Crippen MR) is 57.1 cm³/mol. The monoisotopic (exact) mass is 199 g/mol. The Hall–Kier alpha value is -0.860. The van der Waals surface area contributed by atoms with Crippen LogP contribution in [0.3, 0.4) is 0 Å². The lowest BCUT2D eigenvalue weighted by Crippen LogP contribution is -2.24. The van der Waals surface area contributed by atoms with Gasteiger partial charge in [0.15, 0.2) is 0 Å². The molecule has 0 fully saturated rings. The molecule has 1 amide bonds. The summed E-state index contributed by atoms with van der Waals surface area (Å²) in [6.45, 7) is 4.32. The SMILES string of the molecule is CCCCCC(=O)NCCCC(C)=O. The van der Waals surface area contributed by atoms with Crippen molar-refractivity contribution in [3.8, 4) is 0 Å². The van der Waals surface area contributed by atoms with E-state index in [1.165, 1.54) is 0 Å². The van der Waals surface area contributed by atoms with E-state index in [-0.39, 0.29) is 11.7 Å². The van der Waals surface area contributed by atoms with Crippen LogP contribution in [-0.4, -0.2) is 18.2 Å². The molecule has 0 aromatic heterocycles. The molecule has 0 aliphatic rings. The van der Waals surface area contributed by atoms with Crippen molar-refractivity contribution in [2.75, 3.05) is 6.54 Å². The Labute approximate surface area is 86.3 Å². The Morgan fingerprint density at radius 1 is 1.07 bits per heavy atom. The van der Waals surface area contributed by atoms with Gasteiger partial charge in [0.25, 0.3) is 0 Å². The summed E-state index contributed by atoms with van der Waals surface area (Å²) in [6.07, 6.45) is 5.16. The molecule has 0 unspecified atom stereocenters. The van der Waals surface area contributed by atoms with E-state index < -0.39 is 0 Å². The van der Waals surface area contributed by atoms with Gasteiger partial charge in [-0.15, -0.1) is 0 Å². The number of nitrogens with one attached hydrogen (secondary N) is 1. The quantitative estimate of drug-likeness (QED) is 0.608. The number of hydrogen-bond acceptors (Lipinski definition) is 2. The number of Topliss-reactive ketones (excluding diaryl/α,β-unsaturated/α-hetero) is 1. The van der Waals surface area contributed by atoms with Crippen LogP contribution in [0, 0.1) is 0 Å². The summed E-state index contributed by atoms with van der Waals surface area (Å²) in [5.41, 5.74) is 0. The fourth-order valence-corrected chi connectivity index (χ4v) is 1.19. The standard InChI is InChI=1S/C11H21NO2/c1-3-4-5-8-11(14)12-9-6-7-10(2)13/h3-9H2,1-2H3,(H,12,14). The molecule has 0 atom stereocenters. The fourth-order valence-electron chi connectivity index (χ4n) is 1.19. The van der Waals surface area contributed by atoms with Gasteiger partial charge in [-0.05, 0) is 19.8 Å². The van der Waals surface area contributed by atoms with Crippen molar-refractivity contribution >= 4 is 11.7 Å². The molecule has 0 heterocycles. The van der Waals surface area contributed by atoms with E-state index in [4.69, 9.17) is 0 Å². The average molecular weight is 199 g/mol. The molecule has 3 heteroatoms. The third-order valence-corrected chi connectivity index (χ3v) is 2.04. The van der Waals surface area contributed by atoms with Crippen LogP contribution in [0.25, 0.3) is 0 Å². The number of hydrogen-bond donors (Lipinski definition) is 1. The first-order valence-electron chi connectivity index (χ1n) is 5.43. The molecular weight excluding hydrogens is 178 g/mol. The second kappa shape index (κ2) is 8.73. The molecule has 0 aliphatic heterocycles. The van der Waals surface area contributed by atoms with E-state index >= 15 is 0 Å². The summed E-state index contributed by atoms with van der Waals surface area (Å²) >= 11 is 0. The molecule has 0 bridgehead atoms. The summed E-state index contributed by atoms with van der Waals surface area (Å²) < 4.78 is 0. The second-order valence-electron chi connectivity index (χ2n) is 3.61. The summed E-state index contributed by atoms with van der Waals surface area (Å²) in [7, 11) is 0. The molecule has 0 aliphatic carbocycles. The molecule has 0 spiro atoms. The number of amides is 1. The van der Waals surface area contributed by atoms with Crippen molar-refractivity contribution in [1.82, 2.24) is 5.32 Å². The lowest BCUT2D eigenvalue weighted by atomic mass is 10.2. The minimum Gasteiger partial charge on any atom is -0.356 e. The molecule has 82 valence electrons. The molecule has 3 nitrogen and oxygen atoms in total. The Balaban J connectivity index is 3.22. The molecular formula is C11H21NO2. The van der Waals surface area contributed by atoms with Gasteiger partial charge in [-0.2, -0.15) is 0 Å². The van der Waals surface area contributed by atoms with Gasteiger partial charge < -0.3 is 10.1 Å². The van der Waals surface area contributed by atoms with Crippen molar-refractivity contribution in [3.05, 3.63) is 0 Å². The van der Waals surface area contributed by atoms with E-state index in [2.05, 4.69) is 12.2 Å². The lowest BCUT2D eigenvalue weighted by Gasteiger charge is -2.03. The van der Waals surface area contributed by atoms with Gasteiger partial charge >= 0.3 is 0 Å². The third kappa shape index (κ3) is 9.23. The Morgan fingerprint density at radius 2 is 1.79 bits per heavy atom. The van der Waals surface area contributed by atoms with Crippen molar-refractivity contribution in [3.63, 3.8) is 0 Å². The van der Waals surface area contributed by atoms with Crippen molar-refractivity contribution < 1.29 is 9.59 Å². The summed E-state index contributed by atoms with van der Waals surface area (Å²) in [6, 6.07) is 0. The summed E-state index contributed by atoms with van der Waals surface area (Å²) in [5, 5.41) is 2.81. The molecule has 0 rings (SSSR count). The van der Waals surface area contributed by atoms with Crippen LogP contribution in [-0.2, 0) is 9.59 Å². The largest absolute Gasteiger partial charge is 0.356 e. The van der Waals surface area contributed by atoms with Gasteiger partial charge in [-0.1, -0.05) is 19.8 Å². The highest BCUT2D eigenvalue weighted by atomic mass is 16.1. The zero-order chi connectivity index (χ0) is 10.8. The van der Waals surface area contributed by atoms with Crippen molar-refractivity contribution in [1.29, 1.82) is 0 Å². The maximum absolute atomic E-state index is 11.2. The second-order valence-corrected chi connectivity index (χ2v) is 3.61. The maximum Gasteiger partial charge on any atom is 0.219 e. The summed E-state index contributed by atoms with van der Waals surface area (Å²) in [4.78, 5) is 21.8. The van der Waals surface area contributed by atoms with E-state index in [1.54, 1.807) is 6.92 Å². The zero-order valence-electron chi connectivity index (χ0n) is 9.27. The van der Waals surface area contributed by atoms with Crippen LogP contribution in [0.2, 0.25) is 0 Å². The van der Waals surface area contributed by atoms with Gasteiger partial charge in [0.2, 0.25) is 5.91 Å². The molecule has 14 heavy (non-hydrogen) atoms. The van der Waals surface area contributed by atoms with Gasteiger partial charge in [-0.3, -0.25) is 4.79 Å². The van der Waals surface area contributed by atoms with E-state index in [0.717, 1.165) is 25.7 Å². The lowest BCUT2D eigenvalue weighted by molar-refractivity contribution is -0.121. The smallest absolute Gasteiger partial charge is 0.219 e. The van der Waals surface area contributed by atoms with E-state index in [1.807, 2.05) is 0 Å². The highest BCUT2D eigenvalue weighted by Gasteiger charge is 1.99. The number of carbonyl (C=O) groups is 2. The number of ketones is 1. The molecule has 0 saturated carbocycles. The van der Waals surface area contributed by atoms with Crippen LogP contribution < -0.4 is 5.32 Å². The first-order chi connectivity index (χ1) is 6.66. The van der Waals surface area contributed by atoms with Crippen LogP contribution in [0.15, 0.2) is 0 Å². The highest BCUT2D eigenvalue weighted by molar-refractivity contribution is 5.76. The number of unbranched alkanes of at least 4 members (excludes halogenated alkanes) is 2. The zero-order valence-corrected chi connectivity index (χ0v) is 9.27. The minimum absolute atomic E-state index is 0.113. The van der Waals surface area contributed by atoms with Gasteiger partial charge in [-0.25, -0.2) is 0 Å². The van der Waals surface area contributed by atoms with Crippen LogP contribution in [0.1, 0.15) is 52.4 Å². The van der Waals surface area contributed by atoms with Crippen LogP contribution in [0.4, 0.5) is 0 Å². The molecule has 1 N–H and O–H groups in total. The molecule has 0 aromatic carbocycles. The van der Waals surface area contributed by atoms with E-state index in [0.29, 0.717) is 19.4 Å². The Morgan fingerprint density at radius 3 is 2.36 bits per heavy atom. The third-order valence-electron chi connectivity index (χ3n) is 2.04. The maximum atomic E-state index is 11.2. The summed E-state index contributed by atoms with van der Waals surface area (Å²) in [5.74, 6) is 0.298. The fraction of sp³-hybridized carbons (Fsp3) is 0.818. The molecule has 0 aromatic rings. The highest BCUT2D eigenvalue weighted by Crippen LogP contribution is 1.98. The molecule has 0 saturated heterocycles. The minimum atomic E-state index is 0.113. The van der Waals surface area contributed by atoms with E-state index in [9.17, 15) is 9.59 Å². The number of carbonyl (C=O) groups excluding carboxylic acids is 2. The Kier molecular flexibility index (Phi) is 8.19. The van der Waals surface area contributed by atoms with Gasteiger partial charge in [0, 0.05) is 19.4 Å². The van der Waals surface area contributed by atoms with Crippen LogP contribution in [0.5, 0.6) is 0 Å². The average Bonchev–Trinajstić information content (AvgIpc) is 2.13. The van der Waals surface area contributed by atoms with Crippen LogP contribution >= 0.6 is 0 Å². The number of rotatable bonds is 8. The van der Waals surface area contributed by atoms with Gasteiger partial charge in [0.05, 0.1) is 0 Å². The van der Waals surface area contributed by atoms with Crippen molar-refractivity contribution in [2.24, 2.45) is 0 Å². The topological polar surface area (TPSA) is 46.2 Å². The first kappa shape index (κ1) is 13.1. The first-order valence-corrected chi connectivity index (χ1v) is 5.43. The Bertz CT molecular complexity index is 178.